The molecule has 0 saturated heterocycles. The fourth-order valence-electron chi connectivity index (χ4n) is 2.58. The quantitative estimate of drug-likeness (QED) is 0.843. The van der Waals surface area contributed by atoms with Crippen molar-refractivity contribution in [2.75, 3.05) is 0 Å². The van der Waals surface area contributed by atoms with Gasteiger partial charge in [-0.3, -0.25) is 4.79 Å². The third-order valence-electron chi connectivity index (χ3n) is 4.18. The van der Waals surface area contributed by atoms with Crippen molar-refractivity contribution in [3.63, 3.8) is 0 Å². The Kier molecular flexibility index (Phi) is 2.06. The van der Waals surface area contributed by atoms with E-state index in [-0.39, 0.29) is 0 Å². The first kappa shape index (κ1) is 9.88. The molecule has 16 heavy (non-hydrogen) atoms. The van der Waals surface area contributed by atoms with E-state index in [0.717, 1.165) is 18.4 Å². The molecule has 2 aliphatic carbocycles. The van der Waals surface area contributed by atoms with E-state index < -0.39 is 11.4 Å². The molecule has 2 fully saturated rings. The summed E-state index contributed by atoms with van der Waals surface area (Å²) in [6.07, 6.45) is 5.46. The van der Waals surface area contributed by atoms with Crippen LogP contribution in [-0.2, 0) is 10.2 Å². The number of carbonyl (C=O) groups is 1. The fourth-order valence-corrected chi connectivity index (χ4v) is 2.58. The molecule has 0 aromatic heterocycles. The van der Waals surface area contributed by atoms with E-state index in [9.17, 15) is 9.90 Å². The van der Waals surface area contributed by atoms with Crippen molar-refractivity contribution < 1.29 is 9.90 Å². The average molecular weight is 216 g/mol. The first-order valence-electron chi connectivity index (χ1n) is 6.06. The van der Waals surface area contributed by atoms with Crippen LogP contribution in [0.4, 0.5) is 0 Å². The summed E-state index contributed by atoms with van der Waals surface area (Å²) < 4.78 is 0. The molecule has 0 atom stereocenters. The fraction of sp³-hybridized carbons (Fsp3) is 0.500. The van der Waals surface area contributed by atoms with Crippen LogP contribution in [0.1, 0.15) is 49.1 Å². The van der Waals surface area contributed by atoms with Gasteiger partial charge in [-0.05, 0) is 42.7 Å². The van der Waals surface area contributed by atoms with Gasteiger partial charge in [-0.1, -0.05) is 30.7 Å². The molecule has 84 valence electrons. The Morgan fingerprint density at radius 2 is 2.06 bits per heavy atom. The minimum atomic E-state index is -0.654. The topological polar surface area (TPSA) is 37.3 Å². The summed E-state index contributed by atoms with van der Waals surface area (Å²) in [6, 6.07) is 8.27. The van der Waals surface area contributed by atoms with Crippen LogP contribution < -0.4 is 0 Å². The maximum absolute atomic E-state index is 11.2. The second-order valence-electron chi connectivity index (χ2n) is 5.14. The maximum Gasteiger partial charge on any atom is 0.314 e. The predicted molar refractivity (Wildman–Crippen MR) is 61.6 cm³/mol. The normalized spacial score (nSPS) is 22.5. The Labute approximate surface area is 95.3 Å². The van der Waals surface area contributed by atoms with Crippen molar-refractivity contribution >= 4 is 5.97 Å². The zero-order valence-corrected chi connectivity index (χ0v) is 9.28. The summed E-state index contributed by atoms with van der Waals surface area (Å²) in [5.74, 6) is 0.0304. The monoisotopic (exact) mass is 216 g/mol. The summed E-state index contributed by atoms with van der Waals surface area (Å²) in [4.78, 5) is 11.2. The van der Waals surface area contributed by atoms with E-state index in [1.807, 2.05) is 12.1 Å². The molecule has 2 saturated carbocycles. The Morgan fingerprint density at radius 3 is 2.56 bits per heavy atom. The minimum absolute atomic E-state index is 0.542. The number of hydrogen-bond donors (Lipinski definition) is 1. The number of aliphatic carboxylic acids is 1. The highest BCUT2D eigenvalue weighted by Gasteiger charge is 2.51. The molecule has 1 N–H and O–H groups in total. The highest BCUT2D eigenvalue weighted by molar-refractivity contribution is 5.84. The highest BCUT2D eigenvalue weighted by atomic mass is 16.4. The van der Waals surface area contributed by atoms with Crippen LogP contribution >= 0.6 is 0 Å². The van der Waals surface area contributed by atoms with Crippen molar-refractivity contribution in [2.45, 2.75) is 43.4 Å². The van der Waals surface area contributed by atoms with Gasteiger partial charge in [0.2, 0.25) is 0 Å². The van der Waals surface area contributed by atoms with Crippen molar-refractivity contribution in [3.8, 4) is 0 Å². The number of hydrogen-bond acceptors (Lipinski definition) is 1. The van der Waals surface area contributed by atoms with Crippen LogP contribution in [-0.4, -0.2) is 11.1 Å². The summed E-state index contributed by atoms with van der Waals surface area (Å²) >= 11 is 0. The molecule has 0 spiro atoms. The highest BCUT2D eigenvalue weighted by Crippen LogP contribution is 2.49. The van der Waals surface area contributed by atoms with Crippen molar-refractivity contribution in [2.24, 2.45) is 0 Å². The van der Waals surface area contributed by atoms with Crippen LogP contribution in [0.3, 0.4) is 0 Å². The number of benzene rings is 1. The summed E-state index contributed by atoms with van der Waals surface area (Å²) in [7, 11) is 0. The molecular formula is C14H16O2. The number of carboxylic acids is 1. The van der Waals surface area contributed by atoms with Gasteiger partial charge in [-0.25, -0.2) is 0 Å². The Bertz CT molecular complexity index is 428. The van der Waals surface area contributed by atoms with Gasteiger partial charge in [-0.2, -0.15) is 0 Å². The first-order chi connectivity index (χ1) is 7.72. The second-order valence-corrected chi connectivity index (χ2v) is 5.14. The first-order valence-corrected chi connectivity index (χ1v) is 6.06. The maximum atomic E-state index is 11.2. The summed E-state index contributed by atoms with van der Waals surface area (Å²) in [6.45, 7) is 0. The molecule has 0 bridgehead atoms. The molecule has 3 rings (SSSR count). The van der Waals surface area contributed by atoms with E-state index in [4.69, 9.17) is 0 Å². The Balaban J connectivity index is 1.93. The van der Waals surface area contributed by atoms with E-state index in [1.165, 1.54) is 24.8 Å². The zero-order chi connectivity index (χ0) is 11.2. The lowest BCUT2D eigenvalue weighted by molar-refractivity contribution is -0.140. The van der Waals surface area contributed by atoms with Gasteiger partial charge in [0.1, 0.15) is 0 Å². The van der Waals surface area contributed by atoms with E-state index in [1.54, 1.807) is 0 Å². The van der Waals surface area contributed by atoms with Crippen LogP contribution in [0.5, 0.6) is 0 Å². The van der Waals surface area contributed by atoms with Gasteiger partial charge in [-0.15, -0.1) is 0 Å². The molecular weight excluding hydrogens is 200 g/mol. The van der Waals surface area contributed by atoms with Crippen molar-refractivity contribution in [3.05, 3.63) is 35.4 Å². The van der Waals surface area contributed by atoms with E-state index in [0.29, 0.717) is 5.92 Å². The molecule has 1 aromatic carbocycles. The van der Waals surface area contributed by atoms with E-state index in [2.05, 4.69) is 12.1 Å². The third-order valence-corrected chi connectivity index (χ3v) is 4.18. The molecule has 0 heterocycles. The van der Waals surface area contributed by atoms with E-state index >= 15 is 0 Å². The Hall–Kier alpha value is -1.31. The van der Waals surface area contributed by atoms with Crippen molar-refractivity contribution in [1.82, 2.24) is 0 Å². The van der Waals surface area contributed by atoms with Crippen LogP contribution in [0.25, 0.3) is 0 Å². The van der Waals surface area contributed by atoms with Gasteiger partial charge in [0, 0.05) is 0 Å². The van der Waals surface area contributed by atoms with Gasteiger partial charge >= 0.3 is 5.97 Å². The lowest BCUT2D eigenvalue weighted by atomic mass is 9.79. The van der Waals surface area contributed by atoms with Crippen LogP contribution in [0, 0.1) is 0 Å². The average Bonchev–Trinajstić information content (AvgIpc) is 2.95. The minimum Gasteiger partial charge on any atom is -0.481 e. The molecule has 0 unspecified atom stereocenters. The molecule has 1 aromatic rings. The van der Waals surface area contributed by atoms with Gasteiger partial charge in [0.15, 0.2) is 0 Å². The molecule has 0 radical (unpaired) electrons. The SMILES string of the molecule is O=C(O)C1(c2cccc(C3CCC3)c2)CC1. The molecule has 2 heteroatoms. The number of rotatable bonds is 3. The lowest BCUT2D eigenvalue weighted by Crippen LogP contribution is -2.20. The molecule has 0 amide bonds. The van der Waals surface area contributed by atoms with Gasteiger partial charge in [0.05, 0.1) is 5.41 Å². The zero-order valence-electron chi connectivity index (χ0n) is 9.28. The van der Waals surface area contributed by atoms with Gasteiger partial charge in [0.25, 0.3) is 0 Å². The molecule has 2 aliphatic rings. The summed E-state index contributed by atoms with van der Waals surface area (Å²) in [5, 5.41) is 9.26. The standard InChI is InChI=1S/C14H16O2/c15-13(16)14(7-8-14)12-6-2-5-11(9-12)10-3-1-4-10/h2,5-6,9-10H,1,3-4,7-8H2,(H,15,16). The largest absolute Gasteiger partial charge is 0.481 e. The van der Waals surface area contributed by atoms with Crippen LogP contribution in [0.2, 0.25) is 0 Å². The predicted octanol–water partition coefficient (Wildman–Crippen LogP) is 3.07. The van der Waals surface area contributed by atoms with Gasteiger partial charge < -0.3 is 5.11 Å². The molecule has 2 nitrogen and oxygen atoms in total. The molecule has 0 aliphatic heterocycles. The third kappa shape index (κ3) is 1.36. The number of carboxylic acid groups (broad SMARTS) is 1. The van der Waals surface area contributed by atoms with Crippen LogP contribution in [0.15, 0.2) is 24.3 Å². The smallest absolute Gasteiger partial charge is 0.314 e. The van der Waals surface area contributed by atoms with Crippen molar-refractivity contribution in [1.29, 1.82) is 0 Å². The summed E-state index contributed by atoms with van der Waals surface area (Å²) in [5.41, 5.74) is 1.82. The Morgan fingerprint density at radius 1 is 1.31 bits per heavy atom. The second kappa shape index (κ2) is 3.34. The lowest BCUT2D eigenvalue weighted by Gasteiger charge is -2.26.